The van der Waals surface area contributed by atoms with Gasteiger partial charge in [0.25, 0.3) is 11.8 Å². The van der Waals surface area contributed by atoms with E-state index in [1.54, 1.807) is 36.4 Å². The molecular formula is C19H18ClN3O3. The van der Waals surface area contributed by atoms with Crippen LogP contribution in [0.1, 0.15) is 34.6 Å². The second-order valence-corrected chi connectivity index (χ2v) is 6.90. The lowest BCUT2D eigenvalue weighted by atomic mass is 10.1. The van der Waals surface area contributed by atoms with E-state index in [4.69, 9.17) is 11.6 Å². The zero-order valence-electron chi connectivity index (χ0n) is 14.4. The number of nitrogens with one attached hydrogen (secondary N) is 2. The third kappa shape index (κ3) is 3.70. The van der Waals surface area contributed by atoms with Crippen LogP contribution in [0.15, 0.2) is 42.5 Å². The number of carbonyl (C=O) groups excluding carboxylic acids is 3. The number of fused-ring (bicyclic) bond motifs is 1. The lowest BCUT2D eigenvalue weighted by molar-refractivity contribution is 0.0636. The molecule has 7 heteroatoms. The van der Waals surface area contributed by atoms with Crippen molar-refractivity contribution in [2.45, 2.75) is 13.8 Å². The number of benzene rings is 2. The minimum absolute atomic E-state index is 0.181. The number of rotatable bonds is 4. The summed E-state index contributed by atoms with van der Waals surface area (Å²) in [6, 6.07) is 10.9. The maximum Gasteiger partial charge on any atom is 0.323 e. The molecule has 0 spiro atoms. The number of hydrogen-bond donors (Lipinski definition) is 2. The smallest absolute Gasteiger partial charge is 0.308 e. The first-order valence-electron chi connectivity index (χ1n) is 8.19. The van der Waals surface area contributed by atoms with Gasteiger partial charge in [-0.2, -0.15) is 0 Å². The van der Waals surface area contributed by atoms with Crippen molar-refractivity contribution in [2.24, 2.45) is 5.92 Å². The number of urea groups is 1. The van der Waals surface area contributed by atoms with Gasteiger partial charge in [-0.05, 0) is 48.4 Å². The molecule has 1 aliphatic rings. The molecular weight excluding hydrogens is 354 g/mol. The number of nitrogens with zero attached hydrogens (tertiary/aromatic N) is 1. The lowest BCUT2D eigenvalue weighted by Gasteiger charge is -2.15. The number of amides is 4. The summed E-state index contributed by atoms with van der Waals surface area (Å²) >= 11 is 5.81. The first-order chi connectivity index (χ1) is 12.3. The van der Waals surface area contributed by atoms with Crippen LogP contribution in [0.4, 0.5) is 16.2 Å². The molecule has 1 aliphatic heterocycles. The second-order valence-electron chi connectivity index (χ2n) is 6.46. The van der Waals surface area contributed by atoms with E-state index < -0.39 is 6.03 Å². The van der Waals surface area contributed by atoms with Gasteiger partial charge in [0.2, 0.25) is 0 Å². The first kappa shape index (κ1) is 17.9. The summed E-state index contributed by atoms with van der Waals surface area (Å²) in [5.74, 6) is -0.448. The van der Waals surface area contributed by atoms with Crippen LogP contribution in [0.2, 0.25) is 5.02 Å². The third-order valence-corrected chi connectivity index (χ3v) is 4.13. The zero-order chi connectivity index (χ0) is 18.8. The van der Waals surface area contributed by atoms with Crippen molar-refractivity contribution < 1.29 is 14.4 Å². The Morgan fingerprint density at radius 1 is 0.962 bits per heavy atom. The Kier molecular flexibility index (Phi) is 4.95. The van der Waals surface area contributed by atoms with Crippen molar-refractivity contribution in [3.05, 3.63) is 58.6 Å². The standard InChI is InChI=1S/C19H18ClN3O3/c1-11(2)10-23-17(24)15-8-7-14(9-16(15)18(23)25)22-19(26)21-13-5-3-12(20)4-6-13/h3-9,11H,10H2,1-2H3,(H2,21,22,26). The monoisotopic (exact) mass is 371 g/mol. The summed E-state index contributed by atoms with van der Waals surface area (Å²) in [4.78, 5) is 38.2. The van der Waals surface area contributed by atoms with Gasteiger partial charge >= 0.3 is 6.03 Å². The van der Waals surface area contributed by atoms with Gasteiger partial charge in [0, 0.05) is 22.9 Å². The number of hydrogen-bond acceptors (Lipinski definition) is 3. The summed E-state index contributed by atoms with van der Waals surface area (Å²) in [7, 11) is 0. The largest absolute Gasteiger partial charge is 0.323 e. The Morgan fingerprint density at radius 3 is 2.19 bits per heavy atom. The van der Waals surface area contributed by atoms with Gasteiger partial charge in [-0.25, -0.2) is 4.79 Å². The molecule has 4 amide bonds. The van der Waals surface area contributed by atoms with Crippen molar-refractivity contribution in [2.75, 3.05) is 17.2 Å². The quantitative estimate of drug-likeness (QED) is 0.789. The molecule has 6 nitrogen and oxygen atoms in total. The summed E-state index contributed by atoms with van der Waals surface area (Å²) in [6.45, 7) is 4.25. The van der Waals surface area contributed by atoms with Gasteiger partial charge in [-0.1, -0.05) is 25.4 Å². The average molecular weight is 372 g/mol. The van der Waals surface area contributed by atoms with Crippen LogP contribution in [-0.4, -0.2) is 29.3 Å². The third-order valence-electron chi connectivity index (χ3n) is 3.88. The molecule has 2 aromatic carbocycles. The molecule has 0 atom stereocenters. The highest BCUT2D eigenvalue weighted by molar-refractivity contribution is 6.30. The second kappa shape index (κ2) is 7.17. The molecule has 0 radical (unpaired) electrons. The van der Waals surface area contributed by atoms with Crippen molar-refractivity contribution in [3.8, 4) is 0 Å². The highest BCUT2D eigenvalue weighted by atomic mass is 35.5. The molecule has 0 saturated carbocycles. The van der Waals surface area contributed by atoms with Gasteiger partial charge < -0.3 is 10.6 Å². The van der Waals surface area contributed by atoms with Crippen molar-refractivity contribution >= 4 is 40.8 Å². The predicted octanol–water partition coefficient (Wildman–Crippen LogP) is 4.24. The fraction of sp³-hybridized carbons (Fsp3) is 0.211. The van der Waals surface area contributed by atoms with Gasteiger partial charge in [0.15, 0.2) is 0 Å². The molecule has 2 aromatic rings. The van der Waals surface area contributed by atoms with Crippen LogP contribution in [0.5, 0.6) is 0 Å². The van der Waals surface area contributed by atoms with Gasteiger partial charge in [-0.15, -0.1) is 0 Å². The molecule has 134 valence electrons. The number of anilines is 2. The Bertz CT molecular complexity index is 878. The van der Waals surface area contributed by atoms with Crippen molar-refractivity contribution in [3.63, 3.8) is 0 Å². The topological polar surface area (TPSA) is 78.5 Å². The Balaban J connectivity index is 1.73. The first-order valence-corrected chi connectivity index (χ1v) is 8.57. The molecule has 0 unspecified atom stereocenters. The summed E-state index contributed by atoms with van der Waals surface area (Å²) in [5, 5.41) is 5.90. The minimum atomic E-state index is -0.455. The van der Waals surface area contributed by atoms with Gasteiger partial charge in [-0.3, -0.25) is 14.5 Å². The lowest BCUT2D eigenvalue weighted by Crippen LogP contribution is -2.33. The van der Waals surface area contributed by atoms with Crippen LogP contribution in [0, 0.1) is 5.92 Å². The van der Waals surface area contributed by atoms with E-state index in [-0.39, 0.29) is 17.7 Å². The van der Waals surface area contributed by atoms with E-state index in [1.165, 1.54) is 11.0 Å². The summed E-state index contributed by atoms with van der Waals surface area (Å²) in [6.07, 6.45) is 0. The highest BCUT2D eigenvalue weighted by Crippen LogP contribution is 2.26. The maximum absolute atomic E-state index is 12.5. The average Bonchev–Trinajstić information content (AvgIpc) is 2.81. The van der Waals surface area contributed by atoms with E-state index in [0.717, 1.165) is 0 Å². The van der Waals surface area contributed by atoms with E-state index in [0.29, 0.717) is 34.1 Å². The number of carbonyl (C=O) groups is 3. The molecule has 0 aliphatic carbocycles. The van der Waals surface area contributed by atoms with Crippen LogP contribution < -0.4 is 10.6 Å². The van der Waals surface area contributed by atoms with E-state index in [1.807, 2.05) is 13.8 Å². The minimum Gasteiger partial charge on any atom is -0.308 e. The molecule has 0 aromatic heterocycles. The highest BCUT2D eigenvalue weighted by Gasteiger charge is 2.35. The molecule has 2 N–H and O–H groups in total. The van der Waals surface area contributed by atoms with E-state index in [2.05, 4.69) is 10.6 Å². The summed E-state index contributed by atoms with van der Waals surface area (Å²) in [5.41, 5.74) is 1.68. The Labute approximate surface area is 156 Å². The Hall–Kier alpha value is -2.86. The Morgan fingerprint density at radius 2 is 1.54 bits per heavy atom. The number of halogens is 1. The van der Waals surface area contributed by atoms with E-state index >= 15 is 0 Å². The fourth-order valence-electron chi connectivity index (χ4n) is 2.73. The van der Waals surface area contributed by atoms with Crippen LogP contribution in [0.25, 0.3) is 0 Å². The number of imide groups is 1. The zero-order valence-corrected chi connectivity index (χ0v) is 15.1. The fourth-order valence-corrected chi connectivity index (χ4v) is 2.85. The molecule has 0 saturated heterocycles. The maximum atomic E-state index is 12.5. The van der Waals surface area contributed by atoms with Gasteiger partial charge in [0.1, 0.15) is 0 Å². The SMILES string of the molecule is CC(C)CN1C(=O)c2ccc(NC(=O)Nc3ccc(Cl)cc3)cc2C1=O. The van der Waals surface area contributed by atoms with Crippen LogP contribution in [-0.2, 0) is 0 Å². The van der Waals surface area contributed by atoms with Gasteiger partial charge in [0.05, 0.1) is 11.1 Å². The van der Waals surface area contributed by atoms with Crippen molar-refractivity contribution in [1.29, 1.82) is 0 Å². The van der Waals surface area contributed by atoms with Crippen LogP contribution in [0.3, 0.4) is 0 Å². The molecule has 1 heterocycles. The normalized spacial score (nSPS) is 13.2. The van der Waals surface area contributed by atoms with E-state index in [9.17, 15) is 14.4 Å². The molecule has 26 heavy (non-hydrogen) atoms. The predicted molar refractivity (Wildman–Crippen MR) is 101 cm³/mol. The van der Waals surface area contributed by atoms with Crippen molar-refractivity contribution in [1.82, 2.24) is 4.90 Å². The molecule has 0 bridgehead atoms. The molecule has 0 fully saturated rings. The molecule has 3 rings (SSSR count). The van der Waals surface area contributed by atoms with Crippen LogP contribution >= 0.6 is 11.6 Å². The summed E-state index contributed by atoms with van der Waals surface area (Å²) < 4.78 is 0.